The zero-order chi connectivity index (χ0) is 23.5. The Balaban J connectivity index is 1.30. The van der Waals surface area contributed by atoms with Crippen LogP contribution in [0.25, 0.3) is 16.9 Å². The minimum atomic E-state index is -0.640. The zero-order valence-electron chi connectivity index (χ0n) is 18.2. The van der Waals surface area contributed by atoms with Gasteiger partial charge >= 0.3 is 5.69 Å². The van der Waals surface area contributed by atoms with E-state index in [1.54, 1.807) is 47.6 Å². The van der Waals surface area contributed by atoms with E-state index in [0.717, 1.165) is 21.6 Å². The molecule has 1 N–H and O–H groups in total. The van der Waals surface area contributed by atoms with Crippen molar-refractivity contribution in [3.63, 3.8) is 0 Å². The molecule has 0 unspecified atom stereocenters. The number of hydrogen-bond acceptors (Lipinski definition) is 7. The first-order chi connectivity index (χ1) is 16.6. The molecular formula is C24H21N7O3. The van der Waals surface area contributed by atoms with Crippen LogP contribution in [-0.2, 0) is 0 Å². The molecule has 0 radical (unpaired) electrons. The predicted octanol–water partition coefficient (Wildman–Crippen LogP) is 1.34. The molecule has 1 fully saturated rings. The summed E-state index contributed by atoms with van der Waals surface area (Å²) in [5.41, 5.74) is 0.724. The van der Waals surface area contributed by atoms with Crippen molar-refractivity contribution in [3.8, 4) is 16.9 Å². The van der Waals surface area contributed by atoms with E-state index in [1.165, 1.54) is 6.20 Å². The highest BCUT2D eigenvalue weighted by Crippen LogP contribution is 2.18. The molecule has 1 saturated heterocycles. The van der Waals surface area contributed by atoms with Crippen molar-refractivity contribution in [2.24, 2.45) is 0 Å². The van der Waals surface area contributed by atoms with Gasteiger partial charge in [-0.15, -0.1) is 10.2 Å². The van der Waals surface area contributed by atoms with Crippen LogP contribution in [0.1, 0.15) is 10.4 Å². The van der Waals surface area contributed by atoms with Gasteiger partial charge < -0.3 is 14.8 Å². The number of hydrogen-bond donors (Lipinski definition) is 1. The summed E-state index contributed by atoms with van der Waals surface area (Å²) in [6.45, 7) is 1.91. The van der Waals surface area contributed by atoms with Crippen LogP contribution < -0.4 is 16.1 Å². The highest BCUT2D eigenvalue weighted by molar-refractivity contribution is 5.93. The Bertz CT molecular complexity index is 1410. The first kappa shape index (κ1) is 21.3. The molecule has 4 heterocycles. The number of aromatic amines is 1. The maximum atomic E-state index is 13.1. The Hall–Kier alpha value is -4.60. The van der Waals surface area contributed by atoms with Crippen LogP contribution in [0.15, 0.2) is 82.8 Å². The van der Waals surface area contributed by atoms with Gasteiger partial charge in [0.25, 0.3) is 11.5 Å². The lowest BCUT2D eigenvalue weighted by atomic mass is 10.2. The number of carbonyl (C=O) groups is 1. The van der Waals surface area contributed by atoms with Gasteiger partial charge in [0.2, 0.25) is 0 Å². The second-order valence-electron chi connectivity index (χ2n) is 7.78. The van der Waals surface area contributed by atoms with E-state index < -0.39 is 17.2 Å². The topological polar surface area (TPSA) is 117 Å². The first-order valence-electron chi connectivity index (χ1n) is 10.8. The Kier molecular flexibility index (Phi) is 5.69. The van der Waals surface area contributed by atoms with Crippen LogP contribution >= 0.6 is 0 Å². The van der Waals surface area contributed by atoms with Gasteiger partial charge in [0, 0.05) is 50.3 Å². The number of anilines is 1. The molecule has 0 atom stereocenters. The summed E-state index contributed by atoms with van der Waals surface area (Å²) in [5, 5.41) is 8.62. The first-order valence-corrected chi connectivity index (χ1v) is 10.8. The predicted molar refractivity (Wildman–Crippen MR) is 126 cm³/mol. The van der Waals surface area contributed by atoms with Gasteiger partial charge in [0.05, 0.1) is 11.4 Å². The molecule has 1 amide bonds. The van der Waals surface area contributed by atoms with Crippen molar-refractivity contribution in [2.45, 2.75) is 0 Å². The van der Waals surface area contributed by atoms with E-state index in [0.29, 0.717) is 31.9 Å². The summed E-state index contributed by atoms with van der Waals surface area (Å²) >= 11 is 0. The molecule has 1 aliphatic rings. The van der Waals surface area contributed by atoms with E-state index in [2.05, 4.69) is 20.2 Å². The minimum absolute atomic E-state index is 0.0717. The van der Waals surface area contributed by atoms with Crippen molar-refractivity contribution >= 4 is 11.7 Å². The van der Waals surface area contributed by atoms with Crippen molar-refractivity contribution in [3.05, 3.63) is 99.6 Å². The summed E-state index contributed by atoms with van der Waals surface area (Å²) in [6, 6.07) is 16.1. The maximum absolute atomic E-state index is 13.1. The number of amides is 1. The molecular weight excluding hydrogens is 434 g/mol. The fourth-order valence-corrected chi connectivity index (χ4v) is 3.91. The third-order valence-corrected chi connectivity index (χ3v) is 5.72. The number of piperazine rings is 1. The lowest BCUT2D eigenvalue weighted by Crippen LogP contribution is -2.50. The molecule has 0 bridgehead atoms. The smallest absolute Gasteiger partial charge is 0.333 e. The third kappa shape index (κ3) is 4.08. The van der Waals surface area contributed by atoms with E-state index in [4.69, 9.17) is 0 Å². The lowest BCUT2D eigenvalue weighted by Gasteiger charge is -2.35. The number of aromatic nitrogens is 5. The number of pyridine rings is 1. The molecule has 1 aromatic carbocycles. The number of nitrogens with one attached hydrogen (secondary N) is 1. The van der Waals surface area contributed by atoms with Crippen LogP contribution in [-0.4, -0.2) is 61.7 Å². The Morgan fingerprint density at radius 3 is 2.35 bits per heavy atom. The fourth-order valence-electron chi connectivity index (χ4n) is 3.91. The van der Waals surface area contributed by atoms with Gasteiger partial charge in [-0.1, -0.05) is 18.2 Å². The van der Waals surface area contributed by atoms with E-state index >= 15 is 0 Å². The van der Waals surface area contributed by atoms with Crippen molar-refractivity contribution in [1.82, 2.24) is 29.6 Å². The minimum Gasteiger partial charge on any atom is -0.352 e. The molecule has 0 aliphatic carbocycles. The van der Waals surface area contributed by atoms with Gasteiger partial charge in [-0.05, 0) is 36.4 Å². The third-order valence-electron chi connectivity index (χ3n) is 5.72. The van der Waals surface area contributed by atoms with Gasteiger partial charge in [-0.25, -0.2) is 9.36 Å². The fraction of sp³-hybridized carbons (Fsp3) is 0.167. The normalized spacial score (nSPS) is 13.6. The molecule has 0 saturated carbocycles. The van der Waals surface area contributed by atoms with Crippen molar-refractivity contribution in [1.29, 1.82) is 0 Å². The second kappa shape index (κ2) is 9.10. The van der Waals surface area contributed by atoms with Gasteiger partial charge in [-0.3, -0.25) is 14.6 Å². The van der Waals surface area contributed by atoms with Crippen LogP contribution in [0, 0.1) is 0 Å². The number of H-pyrrole nitrogens is 1. The Morgan fingerprint density at radius 2 is 1.68 bits per heavy atom. The molecule has 10 nitrogen and oxygen atoms in total. The average Bonchev–Trinajstić information content (AvgIpc) is 2.90. The number of nitrogens with zero attached hydrogens (tertiary/aromatic N) is 6. The highest BCUT2D eigenvalue weighted by atomic mass is 16.2. The second-order valence-corrected chi connectivity index (χ2v) is 7.78. The molecule has 10 heteroatoms. The monoisotopic (exact) mass is 455 g/mol. The van der Waals surface area contributed by atoms with Gasteiger partial charge in [0.1, 0.15) is 5.56 Å². The number of para-hydroxylation sites is 1. The summed E-state index contributed by atoms with van der Waals surface area (Å²) in [7, 11) is 0. The van der Waals surface area contributed by atoms with Gasteiger partial charge in [0.15, 0.2) is 5.82 Å². The lowest BCUT2D eigenvalue weighted by molar-refractivity contribution is 0.0743. The number of carbonyl (C=O) groups excluding carboxylic acids is 1. The van der Waals surface area contributed by atoms with Crippen LogP contribution in [0.5, 0.6) is 0 Å². The molecule has 3 aromatic heterocycles. The van der Waals surface area contributed by atoms with Crippen LogP contribution in [0.3, 0.4) is 0 Å². The summed E-state index contributed by atoms with van der Waals surface area (Å²) in [4.78, 5) is 48.6. The SMILES string of the molecule is O=C(c1c[nH]c(=O)n(-c2ccccc2)c1=O)N1CCN(c2ccc(-c3cccnc3)nn2)CC1. The largest absolute Gasteiger partial charge is 0.352 e. The quantitative estimate of drug-likeness (QED) is 0.493. The highest BCUT2D eigenvalue weighted by Gasteiger charge is 2.26. The molecule has 4 aromatic rings. The van der Waals surface area contributed by atoms with E-state index in [9.17, 15) is 14.4 Å². The molecule has 34 heavy (non-hydrogen) atoms. The Morgan fingerprint density at radius 1 is 0.882 bits per heavy atom. The average molecular weight is 455 g/mol. The zero-order valence-corrected chi connectivity index (χ0v) is 18.2. The molecule has 5 rings (SSSR count). The number of benzene rings is 1. The summed E-state index contributed by atoms with van der Waals surface area (Å²) < 4.78 is 0.975. The van der Waals surface area contributed by atoms with Gasteiger partial charge in [-0.2, -0.15) is 0 Å². The molecule has 170 valence electrons. The summed E-state index contributed by atoms with van der Waals surface area (Å²) in [6.07, 6.45) is 4.63. The van der Waals surface area contributed by atoms with E-state index in [-0.39, 0.29) is 5.56 Å². The number of rotatable bonds is 4. The van der Waals surface area contributed by atoms with E-state index in [1.807, 2.05) is 29.2 Å². The van der Waals surface area contributed by atoms with Crippen LogP contribution in [0.4, 0.5) is 5.82 Å². The Labute approximate surface area is 194 Å². The molecule has 0 spiro atoms. The molecule has 1 aliphatic heterocycles. The maximum Gasteiger partial charge on any atom is 0.333 e. The van der Waals surface area contributed by atoms with Crippen molar-refractivity contribution < 1.29 is 4.79 Å². The standard InChI is InChI=1S/C24H21N7O3/c32-22(19-16-26-24(34)31(23(19)33)18-6-2-1-3-7-18)30-13-11-29(12-14-30)21-9-8-20(27-28-21)17-5-4-10-25-15-17/h1-10,15-16H,11-14H2,(H,26,34). The van der Waals surface area contributed by atoms with Crippen molar-refractivity contribution in [2.75, 3.05) is 31.1 Å². The van der Waals surface area contributed by atoms with Crippen LogP contribution in [0.2, 0.25) is 0 Å². The summed E-state index contributed by atoms with van der Waals surface area (Å²) in [5.74, 6) is 0.304.